The van der Waals surface area contributed by atoms with E-state index in [1.165, 1.54) is 0 Å². The van der Waals surface area contributed by atoms with Crippen molar-refractivity contribution >= 4 is 27.3 Å². The minimum absolute atomic E-state index is 0.0600. The van der Waals surface area contributed by atoms with Crippen LogP contribution >= 0.6 is 0 Å². The number of hydrogen-bond acceptors (Lipinski definition) is 5. The van der Waals surface area contributed by atoms with Crippen molar-refractivity contribution in [3.05, 3.63) is 47.5 Å². The number of rotatable bonds is 5. The summed E-state index contributed by atoms with van der Waals surface area (Å²) in [5, 5.41) is 0. The lowest BCUT2D eigenvalue weighted by atomic mass is 10.1. The fourth-order valence-corrected chi connectivity index (χ4v) is 4.35. The second-order valence-electron chi connectivity index (χ2n) is 6.34. The van der Waals surface area contributed by atoms with Gasteiger partial charge >= 0.3 is 0 Å². The van der Waals surface area contributed by atoms with Crippen LogP contribution in [-0.4, -0.2) is 41.2 Å². The normalized spacial score (nSPS) is 14.9. The van der Waals surface area contributed by atoms with Gasteiger partial charge in [-0.25, -0.2) is 8.42 Å². The van der Waals surface area contributed by atoms with Gasteiger partial charge in [-0.1, -0.05) is 0 Å². The van der Waals surface area contributed by atoms with Crippen LogP contribution in [0.3, 0.4) is 0 Å². The Labute approximate surface area is 158 Å². The highest BCUT2D eigenvalue weighted by Crippen LogP contribution is 2.27. The fraction of sp³-hybridized carbons (Fsp3) is 0.316. The Morgan fingerprint density at radius 1 is 1.11 bits per heavy atom. The highest BCUT2D eigenvalue weighted by molar-refractivity contribution is 7.92. The van der Waals surface area contributed by atoms with Crippen molar-refractivity contribution in [1.82, 2.24) is 0 Å². The number of morpholine rings is 1. The van der Waals surface area contributed by atoms with Crippen molar-refractivity contribution in [2.45, 2.75) is 18.7 Å². The van der Waals surface area contributed by atoms with E-state index in [1.807, 2.05) is 0 Å². The molecule has 8 heteroatoms. The van der Waals surface area contributed by atoms with Gasteiger partial charge in [-0.15, -0.1) is 0 Å². The first kappa shape index (κ1) is 19.2. The maximum atomic E-state index is 12.8. The van der Waals surface area contributed by atoms with Crippen molar-refractivity contribution in [2.24, 2.45) is 0 Å². The Kier molecular flexibility index (Phi) is 5.38. The Balaban J connectivity index is 1.82. The summed E-state index contributed by atoms with van der Waals surface area (Å²) in [6.45, 7) is 4.55. The van der Waals surface area contributed by atoms with E-state index < -0.39 is 10.0 Å². The van der Waals surface area contributed by atoms with Gasteiger partial charge in [0.05, 0.1) is 18.6 Å². The molecule has 2 aromatic rings. The molecule has 0 saturated carbocycles. The Bertz CT molecular complexity index is 955. The zero-order valence-corrected chi connectivity index (χ0v) is 16.3. The van der Waals surface area contributed by atoms with E-state index in [0.717, 1.165) is 5.56 Å². The highest BCUT2D eigenvalue weighted by Gasteiger charge is 2.21. The van der Waals surface area contributed by atoms with E-state index in [0.29, 0.717) is 35.8 Å². The number of nitrogens with zero attached hydrogens (tertiary/aromatic N) is 1. The largest absolute Gasteiger partial charge is 0.496 e. The molecule has 7 nitrogen and oxygen atoms in total. The Hall–Kier alpha value is -2.58. The van der Waals surface area contributed by atoms with Crippen LogP contribution in [0.1, 0.15) is 11.1 Å². The molecule has 0 aromatic heterocycles. The second kappa shape index (κ2) is 7.58. The summed E-state index contributed by atoms with van der Waals surface area (Å²) >= 11 is 0. The van der Waals surface area contributed by atoms with E-state index in [2.05, 4.69) is 4.72 Å². The molecule has 3 rings (SSSR count). The van der Waals surface area contributed by atoms with Gasteiger partial charge in [0, 0.05) is 17.9 Å². The number of anilines is 2. The van der Waals surface area contributed by atoms with Gasteiger partial charge in [-0.3, -0.25) is 9.52 Å². The maximum Gasteiger partial charge on any atom is 0.262 e. The molecule has 1 fully saturated rings. The first-order chi connectivity index (χ1) is 12.8. The number of carbonyl (C=O) groups excluding carboxylic acids is 1. The SMILES string of the molecule is COc1cc(C)c(S(=O)(=O)Nc2ccc(N3CCOCC3=O)cc2)cc1C. The Morgan fingerprint density at radius 2 is 1.81 bits per heavy atom. The number of ether oxygens (including phenoxy) is 2. The smallest absolute Gasteiger partial charge is 0.262 e. The molecule has 0 spiro atoms. The van der Waals surface area contributed by atoms with E-state index in [1.54, 1.807) is 62.3 Å². The molecule has 27 heavy (non-hydrogen) atoms. The highest BCUT2D eigenvalue weighted by atomic mass is 32.2. The number of aryl methyl sites for hydroxylation is 2. The molecule has 144 valence electrons. The third-order valence-electron chi connectivity index (χ3n) is 4.40. The summed E-state index contributed by atoms with van der Waals surface area (Å²) in [6.07, 6.45) is 0. The van der Waals surface area contributed by atoms with E-state index in [9.17, 15) is 13.2 Å². The van der Waals surface area contributed by atoms with Gasteiger partial charge in [-0.2, -0.15) is 0 Å². The number of sulfonamides is 1. The second-order valence-corrected chi connectivity index (χ2v) is 7.99. The predicted molar refractivity (Wildman–Crippen MR) is 103 cm³/mol. The number of benzene rings is 2. The molecule has 0 bridgehead atoms. The van der Waals surface area contributed by atoms with Gasteiger partial charge in [0.25, 0.3) is 15.9 Å². The molecule has 1 aliphatic heterocycles. The van der Waals surface area contributed by atoms with E-state index >= 15 is 0 Å². The van der Waals surface area contributed by atoms with Crippen molar-refractivity contribution in [2.75, 3.05) is 36.5 Å². The minimum atomic E-state index is -3.75. The Morgan fingerprint density at radius 3 is 2.44 bits per heavy atom. The molecule has 1 heterocycles. The lowest BCUT2D eigenvalue weighted by Crippen LogP contribution is -2.41. The summed E-state index contributed by atoms with van der Waals surface area (Å²) in [6, 6.07) is 10.0. The molecule has 0 unspecified atom stereocenters. The molecule has 1 amide bonds. The van der Waals surface area contributed by atoms with Crippen LogP contribution in [0.5, 0.6) is 5.75 Å². The van der Waals surface area contributed by atoms with Crippen molar-refractivity contribution in [3.8, 4) is 5.75 Å². The van der Waals surface area contributed by atoms with Crippen LogP contribution in [0.15, 0.2) is 41.3 Å². The van der Waals surface area contributed by atoms with Crippen molar-refractivity contribution < 1.29 is 22.7 Å². The summed E-state index contributed by atoms with van der Waals surface area (Å²) in [5.41, 5.74) is 2.47. The summed E-state index contributed by atoms with van der Waals surface area (Å²) in [7, 11) is -2.20. The van der Waals surface area contributed by atoms with Crippen molar-refractivity contribution in [3.63, 3.8) is 0 Å². The minimum Gasteiger partial charge on any atom is -0.496 e. The van der Waals surface area contributed by atoms with Crippen LogP contribution in [0.2, 0.25) is 0 Å². The number of methoxy groups -OCH3 is 1. The average Bonchev–Trinajstić information content (AvgIpc) is 2.64. The van der Waals surface area contributed by atoms with Crippen LogP contribution < -0.4 is 14.4 Å². The molecule has 2 aromatic carbocycles. The lowest BCUT2D eigenvalue weighted by Gasteiger charge is -2.27. The van der Waals surface area contributed by atoms with Crippen LogP contribution in [-0.2, 0) is 19.6 Å². The molecular formula is C19H22N2O5S. The molecule has 1 aliphatic rings. The van der Waals surface area contributed by atoms with Crippen LogP contribution in [0.25, 0.3) is 0 Å². The fourth-order valence-electron chi connectivity index (χ4n) is 2.98. The first-order valence-corrected chi connectivity index (χ1v) is 9.96. The summed E-state index contributed by atoms with van der Waals surface area (Å²) < 4.78 is 38.5. The molecule has 0 radical (unpaired) electrons. The predicted octanol–water partition coefficient (Wildman–Crippen LogP) is 2.48. The van der Waals surface area contributed by atoms with E-state index in [-0.39, 0.29) is 17.4 Å². The maximum absolute atomic E-state index is 12.8. The topological polar surface area (TPSA) is 84.9 Å². The third kappa shape index (κ3) is 4.06. The molecule has 0 aliphatic carbocycles. The quantitative estimate of drug-likeness (QED) is 0.848. The summed E-state index contributed by atoms with van der Waals surface area (Å²) in [5.74, 6) is 0.532. The number of amides is 1. The van der Waals surface area contributed by atoms with Crippen LogP contribution in [0.4, 0.5) is 11.4 Å². The monoisotopic (exact) mass is 390 g/mol. The van der Waals surface area contributed by atoms with Gasteiger partial charge in [0.2, 0.25) is 0 Å². The van der Waals surface area contributed by atoms with Crippen LogP contribution in [0, 0.1) is 13.8 Å². The van der Waals surface area contributed by atoms with Gasteiger partial charge in [0.15, 0.2) is 0 Å². The first-order valence-electron chi connectivity index (χ1n) is 8.48. The molecule has 1 N–H and O–H groups in total. The number of hydrogen-bond donors (Lipinski definition) is 1. The van der Waals surface area contributed by atoms with Gasteiger partial charge in [-0.05, 0) is 61.4 Å². The third-order valence-corrected chi connectivity index (χ3v) is 5.92. The zero-order chi connectivity index (χ0) is 19.6. The number of carbonyl (C=O) groups is 1. The lowest BCUT2D eigenvalue weighted by molar-refractivity contribution is -0.125. The average molecular weight is 390 g/mol. The van der Waals surface area contributed by atoms with Gasteiger partial charge in [0.1, 0.15) is 12.4 Å². The standard InChI is InChI=1S/C19H22N2O5S/c1-13-11-18(14(2)10-17(13)25-3)27(23,24)20-15-4-6-16(7-5-15)21-8-9-26-12-19(21)22/h4-7,10-11,20H,8-9,12H2,1-3H3. The number of nitrogens with one attached hydrogen (secondary N) is 1. The van der Waals surface area contributed by atoms with E-state index in [4.69, 9.17) is 9.47 Å². The zero-order valence-electron chi connectivity index (χ0n) is 15.5. The summed E-state index contributed by atoms with van der Waals surface area (Å²) in [4.78, 5) is 13.7. The molecule has 1 saturated heterocycles. The molecule has 0 atom stereocenters. The molecular weight excluding hydrogens is 368 g/mol. The van der Waals surface area contributed by atoms with Gasteiger partial charge < -0.3 is 14.4 Å². The van der Waals surface area contributed by atoms with Crippen molar-refractivity contribution in [1.29, 1.82) is 0 Å².